The van der Waals surface area contributed by atoms with Gasteiger partial charge in [0.05, 0.1) is 5.54 Å². The van der Waals surface area contributed by atoms with Crippen LogP contribution in [0.3, 0.4) is 0 Å². The number of nitrogens with one attached hydrogen (secondary N) is 1. The second-order valence-corrected chi connectivity index (χ2v) is 6.39. The van der Waals surface area contributed by atoms with E-state index >= 15 is 0 Å². The lowest BCUT2D eigenvalue weighted by Crippen LogP contribution is -2.52. The van der Waals surface area contributed by atoms with E-state index in [9.17, 15) is 4.79 Å². The number of hydrogen-bond donors (Lipinski definition) is 1. The third-order valence-electron chi connectivity index (χ3n) is 4.50. The first-order chi connectivity index (χ1) is 10.1. The average molecular weight is 310 g/mol. The number of alkyl halides is 1. The Labute approximate surface area is 129 Å². The molecule has 1 fully saturated rings. The lowest BCUT2D eigenvalue weighted by molar-refractivity contribution is 0.0872. The van der Waals surface area contributed by atoms with Crippen LogP contribution in [0.4, 0.5) is 0 Å². The molecule has 0 radical (unpaired) electrons. The third-order valence-corrected chi connectivity index (χ3v) is 5.01. The fourth-order valence-electron chi connectivity index (χ4n) is 2.96. The Kier molecular flexibility index (Phi) is 3.98. The second kappa shape index (κ2) is 5.76. The summed E-state index contributed by atoms with van der Waals surface area (Å²) in [6, 6.07) is 5.26. The van der Waals surface area contributed by atoms with E-state index in [4.69, 9.17) is 21.1 Å². The predicted octanol–water partition coefficient (Wildman–Crippen LogP) is 3.33. The van der Waals surface area contributed by atoms with Crippen molar-refractivity contribution >= 4 is 17.5 Å². The van der Waals surface area contributed by atoms with Gasteiger partial charge in [-0.05, 0) is 49.8 Å². The summed E-state index contributed by atoms with van der Waals surface area (Å²) in [6.45, 7) is 2.46. The van der Waals surface area contributed by atoms with E-state index < -0.39 is 0 Å². The lowest BCUT2D eigenvalue weighted by Gasteiger charge is -2.38. The summed E-state index contributed by atoms with van der Waals surface area (Å²) in [5.41, 5.74) is 0.309. The molecule has 0 unspecified atom stereocenters. The van der Waals surface area contributed by atoms with Crippen LogP contribution in [-0.2, 0) is 0 Å². The molecule has 3 rings (SSSR count). The van der Waals surface area contributed by atoms with Crippen molar-refractivity contribution in [2.45, 2.75) is 38.1 Å². The van der Waals surface area contributed by atoms with Gasteiger partial charge in [0.15, 0.2) is 11.5 Å². The molecule has 21 heavy (non-hydrogen) atoms. The summed E-state index contributed by atoms with van der Waals surface area (Å²) in [5, 5.41) is 3.14. The van der Waals surface area contributed by atoms with E-state index in [-0.39, 0.29) is 18.2 Å². The molecule has 1 aliphatic heterocycles. The van der Waals surface area contributed by atoms with Crippen LogP contribution in [0.25, 0.3) is 0 Å². The number of halogens is 1. The van der Waals surface area contributed by atoms with Crippen molar-refractivity contribution in [3.8, 4) is 11.5 Å². The Hall–Kier alpha value is -1.42. The zero-order valence-corrected chi connectivity index (χ0v) is 12.9. The number of benzene rings is 1. The highest BCUT2D eigenvalue weighted by molar-refractivity contribution is 6.19. The van der Waals surface area contributed by atoms with Gasteiger partial charge in [-0.25, -0.2) is 0 Å². The topological polar surface area (TPSA) is 47.6 Å². The normalized spacial score (nSPS) is 27.4. The first-order valence-electron chi connectivity index (χ1n) is 7.40. The quantitative estimate of drug-likeness (QED) is 0.871. The van der Waals surface area contributed by atoms with E-state index in [1.165, 1.54) is 0 Å². The fourth-order valence-corrected chi connectivity index (χ4v) is 3.29. The van der Waals surface area contributed by atoms with Gasteiger partial charge in [0, 0.05) is 11.4 Å². The third kappa shape index (κ3) is 2.95. The van der Waals surface area contributed by atoms with Crippen LogP contribution in [0.1, 0.15) is 43.0 Å². The highest BCUT2D eigenvalue weighted by Crippen LogP contribution is 2.35. The highest BCUT2D eigenvalue weighted by atomic mass is 35.5. The number of carbonyl (C=O) groups excluding carboxylic acids is 1. The minimum Gasteiger partial charge on any atom is -0.454 e. The highest BCUT2D eigenvalue weighted by Gasteiger charge is 2.35. The summed E-state index contributed by atoms with van der Waals surface area (Å²) >= 11 is 6.15. The molecule has 1 amide bonds. The average Bonchev–Trinajstić information content (AvgIpc) is 2.97. The van der Waals surface area contributed by atoms with Crippen LogP contribution in [-0.4, -0.2) is 24.1 Å². The van der Waals surface area contributed by atoms with Crippen molar-refractivity contribution < 1.29 is 14.3 Å². The Balaban J connectivity index is 1.73. The van der Waals surface area contributed by atoms with E-state index in [1.807, 2.05) is 0 Å². The molecule has 0 spiro atoms. The van der Waals surface area contributed by atoms with Crippen LogP contribution in [0.2, 0.25) is 0 Å². The Morgan fingerprint density at radius 3 is 2.76 bits per heavy atom. The fraction of sp³-hybridized carbons (Fsp3) is 0.562. The van der Waals surface area contributed by atoms with Crippen LogP contribution in [0, 0.1) is 5.92 Å². The van der Waals surface area contributed by atoms with Gasteiger partial charge in [-0.3, -0.25) is 4.79 Å². The monoisotopic (exact) mass is 309 g/mol. The van der Waals surface area contributed by atoms with E-state index in [0.717, 1.165) is 25.7 Å². The largest absolute Gasteiger partial charge is 0.454 e. The number of carbonyl (C=O) groups is 1. The molecule has 0 aromatic heterocycles. The minimum atomic E-state index is -0.276. The molecule has 1 saturated carbocycles. The second-order valence-electron chi connectivity index (χ2n) is 6.12. The van der Waals surface area contributed by atoms with Gasteiger partial charge in [-0.1, -0.05) is 6.92 Å². The van der Waals surface area contributed by atoms with Gasteiger partial charge in [0.25, 0.3) is 5.91 Å². The van der Waals surface area contributed by atoms with Gasteiger partial charge < -0.3 is 14.8 Å². The van der Waals surface area contributed by atoms with Gasteiger partial charge in [0.1, 0.15) is 0 Å². The predicted molar refractivity (Wildman–Crippen MR) is 81.1 cm³/mol. The molecular formula is C16H20ClNO3. The molecular weight excluding hydrogens is 290 g/mol. The van der Waals surface area contributed by atoms with Crippen LogP contribution in [0.15, 0.2) is 18.2 Å². The molecule has 4 nitrogen and oxygen atoms in total. The Morgan fingerprint density at radius 2 is 2.05 bits per heavy atom. The van der Waals surface area contributed by atoms with E-state index in [0.29, 0.717) is 28.9 Å². The van der Waals surface area contributed by atoms with Crippen molar-refractivity contribution in [1.82, 2.24) is 5.32 Å². The first-order valence-corrected chi connectivity index (χ1v) is 7.93. The molecule has 114 valence electrons. The molecule has 0 bridgehead atoms. The number of rotatable bonds is 3. The van der Waals surface area contributed by atoms with Crippen molar-refractivity contribution in [2.75, 3.05) is 12.7 Å². The van der Waals surface area contributed by atoms with Crippen LogP contribution >= 0.6 is 11.6 Å². The maximum atomic E-state index is 12.5. The van der Waals surface area contributed by atoms with Crippen molar-refractivity contribution in [2.24, 2.45) is 5.92 Å². The van der Waals surface area contributed by atoms with Crippen LogP contribution < -0.4 is 14.8 Å². The number of amides is 1. The van der Waals surface area contributed by atoms with Gasteiger partial charge in [-0.2, -0.15) is 0 Å². The first kappa shape index (κ1) is 14.5. The molecule has 1 heterocycles. The van der Waals surface area contributed by atoms with Crippen molar-refractivity contribution in [3.05, 3.63) is 23.8 Å². The van der Waals surface area contributed by atoms with Crippen molar-refractivity contribution in [3.63, 3.8) is 0 Å². The lowest BCUT2D eigenvalue weighted by atomic mass is 9.78. The summed E-state index contributed by atoms with van der Waals surface area (Å²) in [7, 11) is 0. The molecule has 0 saturated heterocycles. The summed E-state index contributed by atoms with van der Waals surface area (Å²) in [5.74, 6) is 2.38. The smallest absolute Gasteiger partial charge is 0.251 e. The zero-order chi connectivity index (χ0) is 14.9. The van der Waals surface area contributed by atoms with E-state index in [1.54, 1.807) is 18.2 Å². The summed E-state index contributed by atoms with van der Waals surface area (Å²) < 4.78 is 10.6. The van der Waals surface area contributed by atoms with Gasteiger partial charge >= 0.3 is 0 Å². The molecule has 1 aromatic rings. The minimum absolute atomic E-state index is 0.0940. The summed E-state index contributed by atoms with van der Waals surface area (Å²) in [6.07, 6.45) is 4.09. The Bertz CT molecular complexity index is 538. The van der Waals surface area contributed by atoms with Crippen LogP contribution in [0.5, 0.6) is 11.5 Å². The number of hydrogen-bond acceptors (Lipinski definition) is 3. The molecule has 5 heteroatoms. The maximum Gasteiger partial charge on any atom is 0.251 e. The standard InChI is InChI=1S/C16H20ClNO3/c1-11-4-6-16(9-17,7-5-11)18-15(19)12-2-3-13-14(8-12)21-10-20-13/h2-3,8,11H,4-7,9-10H2,1H3,(H,18,19). The molecule has 1 aromatic carbocycles. The number of fused-ring (bicyclic) bond motifs is 1. The number of ether oxygens (including phenoxy) is 2. The molecule has 1 aliphatic carbocycles. The molecule has 1 N–H and O–H groups in total. The van der Waals surface area contributed by atoms with Gasteiger partial charge in [0.2, 0.25) is 6.79 Å². The Morgan fingerprint density at radius 1 is 1.33 bits per heavy atom. The molecule has 2 aliphatic rings. The maximum absolute atomic E-state index is 12.5. The van der Waals surface area contributed by atoms with E-state index in [2.05, 4.69) is 12.2 Å². The zero-order valence-electron chi connectivity index (χ0n) is 12.2. The SMILES string of the molecule is CC1CCC(CCl)(NC(=O)c2ccc3c(c2)OCO3)CC1. The molecule has 0 atom stereocenters. The van der Waals surface area contributed by atoms with Crippen molar-refractivity contribution in [1.29, 1.82) is 0 Å². The summed E-state index contributed by atoms with van der Waals surface area (Å²) in [4.78, 5) is 12.5. The van der Waals surface area contributed by atoms with Gasteiger partial charge in [-0.15, -0.1) is 11.6 Å².